The Morgan fingerprint density at radius 2 is 1.62 bits per heavy atom. The SMILES string of the molecule is CC(C)COc1ccccc1NC(=S)NC(=O)C(C)c1ccc(CC(C)C)cc1. The molecule has 0 aliphatic rings. The van der Waals surface area contributed by atoms with Crippen molar-refractivity contribution in [2.45, 2.75) is 47.0 Å². The van der Waals surface area contributed by atoms with Crippen LogP contribution in [0.3, 0.4) is 0 Å². The summed E-state index contributed by atoms with van der Waals surface area (Å²) in [5.41, 5.74) is 2.99. The van der Waals surface area contributed by atoms with Gasteiger partial charge in [-0.05, 0) is 60.7 Å². The average molecular weight is 413 g/mol. The van der Waals surface area contributed by atoms with Gasteiger partial charge in [-0.1, -0.05) is 64.1 Å². The molecule has 0 aromatic heterocycles. The fourth-order valence-corrected chi connectivity index (χ4v) is 3.10. The van der Waals surface area contributed by atoms with Crippen LogP contribution in [0.5, 0.6) is 5.75 Å². The highest BCUT2D eigenvalue weighted by Crippen LogP contribution is 2.24. The zero-order chi connectivity index (χ0) is 21.4. The zero-order valence-electron chi connectivity index (χ0n) is 18.0. The molecule has 2 aromatic rings. The quantitative estimate of drug-likeness (QED) is 0.559. The second kappa shape index (κ2) is 11.0. The predicted octanol–water partition coefficient (Wildman–Crippen LogP) is 5.54. The van der Waals surface area contributed by atoms with Gasteiger partial charge in [0, 0.05) is 0 Å². The van der Waals surface area contributed by atoms with Crippen molar-refractivity contribution in [1.82, 2.24) is 5.32 Å². The molecule has 1 atom stereocenters. The van der Waals surface area contributed by atoms with E-state index in [1.54, 1.807) is 0 Å². The van der Waals surface area contributed by atoms with Gasteiger partial charge in [0.15, 0.2) is 5.11 Å². The summed E-state index contributed by atoms with van der Waals surface area (Å²) in [6, 6.07) is 15.8. The number of benzene rings is 2. The number of carbonyl (C=O) groups is 1. The van der Waals surface area contributed by atoms with E-state index in [4.69, 9.17) is 17.0 Å². The van der Waals surface area contributed by atoms with Crippen LogP contribution < -0.4 is 15.4 Å². The molecule has 0 saturated carbocycles. The van der Waals surface area contributed by atoms with Crippen LogP contribution in [0, 0.1) is 11.8 Å². The van der Waals surface area contributed by atoms with Crippen LogP contribution in [0.2, 0.25) is 0 Å². The molecule has 29 heavy (non-hydrogen) atoms. The summed E-state index contributed by atoms with van der Waals surface area (Å²) in [6.07, 6.45) is 1.03. The second-order valence-corrected chi connectivity index (χ2v) is 8.61. The lowest BCUT2D eigenvalue weighted by Gasteiger charge is -2.17. The monoisotopic (exact) mass is 412 g/mol. The molecular formula is C24H32N2O2S. The Morgan fingerprint density at radius 3 is 2.24 bits per heavy atom. The molecule has 0 fully saturated rings. The number of carbonyl (C=O) groups excluding carboxylic acids is 1. The van der Waals surface area contributed by atoms with Crippen molar-refractivity contribution >= 4 is 28.9 Å². The van der Waals surface area contributed by atoms with E-state index in [1.807, 2.05) is 43.3 Å². The first-order valence-electron chi connectivity index (χ1n) is 10.2. The third kappa shape index (κ3) is 7.50. The number of hydrogen-bond acceptors (Lipinski definition) is 3. The summed E-state index contributed by atoms with van der Waals surface area (Å²) >= 11 is 5.35. The van der Waals surface area contributed by atoms with Crippen molar-refractivity contribution in [1.29, 1.82) is 0 Å². The number of ether oxygens (including phenoxy) is 1. The first kappa shape index (κ1) is 22.9. The Hall–Kier alpha value is -2.40. The lowest BCUT2D eigenvalue weighted by atomic mass is 9.96. The van der Waals surface area contributed by atoms with E-state index in [-0.39, 0.29) is 16.9 Å². The summed E-state index contributed by atoms with van der Waals surface area (Å²) in [4.78, 5) is 12.6. The largest absolute Gasteiger partial charge is 0.491 e. The number of thiocarbonyl (C=S) groups is 1. The van der Waals surface area contributed by atoms with Crippen LogP contribution in [0.4, 0.5) is 5.69 Å². The molecule has 4 nitrogen and oxygen atoms in total. The third-order valence-corrected chi connectivity index (χ3v) is 4.67. The number of hydrogen-bond donors (Lipinski definition) is 2. The normalized spacial score (nSPS) is 12.0. The maximum absolute atomic E-state index is 12.6. The molecule has 0 spiro atoms. The molecule has 156 valence electrons. The molecule has 2 aromatic carbocycles. The van der Waals surface area contributed by atoms with Gasteiger partial charge in [-0.2, -0.15) is 0 Å². The van der Waals surface area contributed by atoms with Crippen molar-refractivity contribution in [3.63, 3.8) is 0 Å². The number of rotatable bonds is 8. The standard InChI is InChI=1S/C24H32N2O2S/c1-16(2)14-19-10-12-20(13-11-19)18(5)23(27)26-24(29)25-21-8-6-7-9-22(21)28-15-17(3)4/h6-13,16-18H,14-15H2,1-5H3,(H2,25,26,27,29). The van der Waals surface area contributed by atoms with E-state index in [2.05, 4.69) is 50.5 Å². The molecule has 2 N–H and O–H groups in total. The van der Waals surface area contributed by atoms with E-state index in [9.17, 15) is 4.79 Å². The van der Waals surface area contributed by atoms with Crippen LogP contribution in [0.15, 0.2) is 48.5 Å². The first-order valence-corrected chi connectivity index (χ1v) is 10.6. The Balaban J connectivity index is 1.96. The highest BCUT2D eigenvalue weighted by atomic mass is 32.1. The summed E-state index contributed by atoms with van der Waals surface area (Å²) in [6.45, 7) is 11.1. The van der Waals surface area contributed by atoms with E-state index in [0.29, 0.717) is 24.2 Å². The number of amides is 1. The van der Waals surface area contributed by atoms with Crippen molar-refractivity contribution in [3.8, 4) is 5.75 Å². The molecule has 0 bridgehead atoms. The number of nitrogens with one attached hydrogen (secondary N) is 2. The van der Waals surface area contributed by atoms with Gasteiger partial charge in [-0.25, -0.2) is 0 Å². The highest BCUT2D eigenvalue weighted by Gasteiger charge is 2.17. The Kier molecular flexibility index (Phi) is 8.65. The van der Waals surface area contributed by atoms with E-state index in [0.717, 1.165) is 17.7 Å². The van der Waals surface area contributed by atoms with Gasteiger partial charge in [0.05, 0.1) is 18.2 Å². The van der Waals surface area contributed by atoms with Crippen LogP contribution in [-0.2, 0) is 11.2 Å². The van der Waals surface area contributed by atoms with Crippen molar-refractivity contribution in [3.05, 3.63) is 59.7 Å². The highest BCUT2D eigenvalue weighted by molar-refractivity contribution is 7.80. The average Bonchev–Trinajstić information content (AvgIpc) is 2.66. The van der Waals surface area contributed by atoms with Gasteiger partial charge < -0.3 is 15.4 Å². The second-order valence-electron chi connectivity index (χ2n) is 8.21. The van der Waals surface area contributed by atoms with Gasteiger partial charge in [0.1, 0.15) is 5.75 Å². The Morgan fingerprint density at radius 1 is 0.966 bits per heavy atom. The lowest BCUT2D eigenvalue weighted by molar-refractivity contribution is -0.120. The summed E-state index contributed by atoms with van der Waals surface area (Å²) in [5.74, 6) is 1.31. The molecule has 5 heteroatoms. The first-order chi connectivity index (χ1) is 13.8. The molecule has 0 aliphatic carbocycles. The molecule has 1 amide bonds. The number of anilines is 1. The van der Waals surface area contributed by atoms with Gasteiger partial charge in [0.25, 0.3) is 0 Å². The fraction of sp³-hybridized carbons (Fsp3) is 0.417. The van der Waals surface area contributed by atoms with Crippen LogP contribution in [0.1, 0.15) is 51.7 Å². The molecule has 0 aliphatic heterocycles. The van der Waals surface area contributed by atoms with E-state index in [1.165, 1.54) is 5.56 Å². The molecule has 1 unspecified atom stereocenters. The zero-order valence-corrected chi connectivity index (χ0v) is 18.8. The van der Waals surface area contributed by atoms with Crippen LogP contribution in [-0.4, -0.2) is 17.6 Å². The molecule has 0 heterocycles. The maximum Gasteiger partial charge on any atom is 0.233 e. The van der Waals surface area contributed by atoms with E-state index < -0.39 is 0 Å². The van der Waals surface area contributed by atoms with Gasteiger partial charge in [0.2, 0.25) is 5.91 Å². The minimum atomic E-state index is -0.296. The lowest BCUT2D eigenvalue weighted by Crippen LogP contribution is -2.36. The van der Waals surface area contributed by atoms with Crippen molar-refractivity contribution < 1.29 is 9.53 Å². The maximum atomic E-state index is 12.6. The predicted molar refractivity (Wildman–Crippen MR) is 125 cm³/mol. The van der Waals surface area contributed by atoms with Gasteiger partial charge in [-0.3, -0.25) is 4.79 Å². The molecule has 0 saturated heterocycles. The smallest absolute Gasteiger partial charge is 0.233 e. The topological polar surface area (TPSA) is 50.4 Å². The Bertz CT molecular complexity index is 816. The van der Waals surface area contributed by atoms with Crippen molar-refractivity contribution in [2.24, 2.45) is 11.8 Å². The summed E-state index contributed by atoms with van der Waals surface area (Å²) in [5, 5.41) is 6.13. The van der Waals surface area contributed by atoms with Gasteiger partial charge >= 0.3 is 0 Å². The van der Waals surface area contributed by atoms with Crippen molar-refractivity contribution in [2.75, 3.05) is 11.9 Å². The summed E-state index contributed by atoms with van der Waals surface area (Å²) < 4.78 is 5.82. The number of para-hydroxylation sites is 2. The Labute approximate surface area is 180 Å². The third-order valence-electron chi connectivity index (χ3n) is 4.46. The van der Waals surface area contributed by atoms with Crippen LogP contribution >= 0.6 is 12.2 Å². The molecule has 2 rings (SSSR count). The minimum absolute atomic E-state index is 0.139. The summed E-state index contributed by atoms with van der Waals surface area (Å²) in [7, 11) is 0. The molecule has 0 radical (unpaired) electrons. The minimum Gasteiger partial charge on any atom is -0.491 e. The van der Waals surface area contributed by atoms with Gasteiger partial charge in [-0.15, -0.1) is 0 Å². The molecular weight excluding hydrogens is 380 g/mol. The van der Waals surface area contributed by atoms with E-state index >= 15 is 0 Å². The fourth-order valence-electron chi connectivity index (χ4n) is 2.89. The van der Waals surface area contributed by atoms with Crippen LogP contribution in [0.25, 0.3) is 0 Å².